The summed E-state index contributed by atoms with van der Waals surface area (Å²) in [6.45, 7) is 14.7. The summed E-state index contributed by atoms with van der Waals surface area (Å²) in [6, 6.07) is 52.6. The van der Waals surface area contributed by atoms with Crippen LogP contribution in [0.5, 0.6) is 5.75 Å². The monoisotopic (exact) mass is 742 g/mol. The number of hydrogen-bond donors (Lipinski definition) is 0. The fraction of sp³-hybridized carbons (Fsp3) is 0.182. The SMILES string of the molecule is CC(C)(C)c1ccc([O-])c(C(C)(C)C)c1.[Cl-].[SiH2]=[Zr+2].c1cc[cH-]c1.c1ccc(-c2ccc3c([cH-]c4ccccc43)c2-c2ccccc2)cc1. The predicted octanol–water partition coefficient (Wildman–Crippen LogP) is 7.89. The summed E-state index contributed by atoms with van der Waals surface area (Å²) >= 11 is 1.58. The van der Waals surface area contributed by atoms with E-state index < -0.39 is 0 Å². The molecule has 48 heavy (non-hydrogen) atoms. The van der Waals surface area contributed by atoms with Gasteiger partial charge >= 0.3 is 30.2 Å². The van der Waals surface area contributed by atoms with Gasteiger partial charge in [0.05, 0.1) is 0 Å². The molecule has 0 saturated carbocycles. The molecule has 0 fully saturated rings. The summed E-state index contributed by atoms with van der Waals surface area (Å²) in [7, 11) is 0. The van der Waals surface area contributed by atoms with E-state index in [4.69, 9.17) is 0 Å². The van der Waals surface area contributed by atoms with Gasteiger partial charge in [0, 0.05) is 0 Å². The molecule has 0 bridgehead atoms. The van der Waals surface area contributed by atoms with Crippen molar-refractivity contribution in [3.63, 3.8) is 0 Å². The molecule has 4 heteroatoms. The third kappa shape index (κ3) is 9.79. The topological polar surface area (TPSA) is 23.1 Å². The van der Waals surface area contributed by atoms with E-state index in [1.54, 1.807) is 29.4 Å². The Balaban J connectivity index is 0.000000232. The molecule has 0 amide bonds. The van der Waals surface area contributed by atoms with Crippen LogP contribution < -0.4 is 17.5 Å². The maximum Gasteiger partial charge on any atom is -0.0253 e. The second-order valence-corrected chi connectivity index (χ2v) is 13.6. The minimum Gasteiger partial charge on any atom is -0.214 e. The molecule has 7 aromatic carbocycles. The third-order valence-corrected chi connectivity index (χ3v) is 8.15. The first-order valence-corrected chi connectivity index (χ1v) is 22.0. The van der Waals surface area contributed by atoms with Crippen molar-refractivity contribution in [3.05, 3.63) is 163 Å². The van der Waals surface area contributed by atoms with Crippen LogP contribution in [0.3, 0.4) is 0 Å². The molecule has 0 heterocycles. The number of halogens is 1. The molecular weight excluding hydrogens is 699 g/mol. The van der Waals surface area contributed by atoms with Crippen LogP contribution in [0.2, 0.25) is 0 Å². The number of hydrogen-bond acceptors (Lipinski definition) is 1. The van der Waals surface area contributed by atoms with E-state index >= 15 is 0 Å². The van der Waals surface area contributed by atoms with E-state index in [1.165, 1.54) is 49.4 Å². The van der Waals surface area contributed by atoms with Gasteiger partial charge in [-0.2, -0.15) is 18.2 Å². The van der Waals surface area contributed by atoms with E-state index in [2.05, 4.69) is 151 Å². The van der Waals surface area contributed by atoms with Crippen molar-refractivity contribution in [2.75, 3.05) is 0 Å². The van der Waals surface area contributed by atoms with E-state index in [9.17, 15) is 5.11 Å². The van der Waals surface area contributed by atoms with Crippen molar-refractivity contribution in [3.8, 4) is 28.0 Å². The first-order valence-electron chi connectivity index (χ1n) is 16.1. The minimum absolute atomic E-state index is 0. The van der Waals surface area contributed by atoms with Crippen LogP contribution >= 0.6 is 0 Å². The fourth-order valence-corrected chi connectivity index (χ4v) is 5.71. The van der Waals surface area contributed by atoms with Crippen LogP contribution in [0, 0.1) is 0 Å². The Morgan fingerprint density at radius 3 is 1.69 bits per heavy atom. The molecule has 0 aliphatic rings. The molecule has 0 radical (unpaired) electrons. The Morgan fingerprint density at radius 1 is 0.583 bits per heavy atom. The van der Waals surface area contributed by atoms with Crippen LogP contribution in [0.15, 0.2) is 152 Å². The molecule has 244 valence electrons. The van der Waals surface area contributed by atoms with E-state index in [1.807, 2.05) is 43.3 Å². The minimum atomic E-state index is -0.0711. The van der Waals surface area contributed by atoms with E-state index in [0.717, 1.165) is 5.56 Å². The zero-order chi connectivity index (χ0) is 34.0. The van der Waals surface area contributed by atoms with Crippen LogP contribution in [-0.4, -0.2) is 6.88 Å². The second kappa shape index (κ2) is 17.8. The van der Waals surface area contributed by atoms with Gasteiger partial charge in [0.15, 0.2) is 0 Å². The molecule has 0 aliphatic heterocycles. The molecule has 0 atom stereocenters. The van der Waals surface area contributed by atoms with Crippen LogP contribution in [-0.2, 0) is 34.2 Å². The molecule has 0 aromatic heterocycles. The van der Waals surface area contributed by atoms with Crippen molar-refractivity contribution in [1.82, 2.24) is 0 Å². The van der Waals surface area contributed by atoms with Crippen LogP contribution in [0.25, 0.3) is 43.8 Å². The summed E-state index contributed by atoms with van der Waals surface area (Å²) in [4.78, 5) is 0. The molecule has 0 unspecified atom stereocenters. The van der Waals surface area contributed by atoms with E-state index in [-0.39, 0.29) is 29.0 Å². The summed E-state index contributed by atoms with van der Waals surface area (Å²) in [5, 5.41) is 17.0. The first-order chi connectivity index (χ1) is 22.5. The average molecular weight is 745 g/mol. The van der Waals surface area contributed by atoms with Crippen LogP contribution in [0.4, 0.5) is 0 Å². The quantitative estimate of drug-likeness (QED) is 0.131. The van der Waals surface area contributed by atoms with Gasteiger partial charge in [-0.05, 0) is 27.5 Å². The van der Waals surface area contributed by atoms with Crippen LogP contribution in [0.1, 0.15) is 52.7 Å². The van der Waals surface area contributed by atoms with Gasteiger partial charge in [-0.15, -0.1) is 39.4 Å². The zero-order valence-electron chi connectivity index (χ0n) is 28.9. The zero-order valence-corrected chi connectivity index (χ0v) is 33.6. The molecule has 0 N–H and O–H groups in total. The third-order valence-electron chi connectivity index (χ3n) is 8.15. The molecule has 0 aliphatic carbocycles. The molecule has 0 spiro atoms. The summed E-state index contributed by atoms with van der Waals surface area (Å²) in [5.74, 6) is 0.149. The first kappa shape index (κ1) is 39.0. The maximum atomic E-state index is 11.7. The van der Waals surface area contributed by atoms with Crippen molar-refractivity contribution in [1.29, 1.82) is 0 Å². The molecule has 7 rings (SSSR count). The molecule has 0 saturated heterocycles. The number of fused-ring (bicyclic) bond motifs is 3. The Kier molecular flexibility index (Phi) is 14.4. The van der Waals surface area contributed by atoms with Crippen molar-refractivity contribution in [2.45, 2.75) is 52.4 Å². The Hall–Kier alpha value is -3.49. The fourth-order valence-electron chi connectivity index (χ4n) is 5.71. The molecule has 7 aromatic rings. The van der Waals surface area contributed by atoms with Gasteiger partial charge in [0.25, 0.3) is 0 Å². The average Bonchev–Trinajstić information content (AvgIpc) is 3.78. The summed E-state index contributed by atoms with van der Waals surface area (Å²) in [6.07, 6.45) is 0. The normalized spacial score (nSPS) is 10.8. The maximum absolute atomic E-state index is 11.7. The van der Waals surface area contributed by atoms with E-state index in [0.29, 0.717) is 0 Å². The van der Waals surface area contributed by atoms with Gasteiger partial charge in [-0.1, -0.05) is 167 Å². The van der Waals surface area contributed by atoms with Gasteiger partial charge in [-0.3, -0.25) is 0 Å². The Morgan fingerprint density at radius 2 is 1.15 bits per heavy atom. The van der Waals surface area contributed by atoms with Gasteiger partial charge < -0.3 is 17.5 Å². The number of benzene rings is 5. The standard InChI is InChI=1S/C25H17.C14H22O.C5H5.ClH.H2Si.Zr/c1-3-9-18(10-4-1)22-15-16-23-21-14-8-7-13-20(21)17-24(23)25(22)19-11-5-2-6-12-19;1-13(2,3)10-7-8-12(15)11(9-10)14(4,5)6;1-2-4-5-3-1;;;/h1-17H;7-9,15H,1-6H3;1-5H;1H;1H2;/q-1;;-1;;;+2/p-2. The Bertz CT molecular complexity index is 1960. The van der Waals surface area contributed by atoms with Gasteiger partial charge in [-0.25, -0.2) is 12.1 Å². The summed E-state index contributed by atoms with van der Waals surface area (Å²) < 4.78 is 0. The smallest absolute Gasteiger partial charge is 0.0253 e. The second-order valence-electron chi connectivity index (χ2n) is 13.6. The predicted molar refractivity (Wildman–Crippen MR) is 202 cm³/mol. The van der Waals surface area contributed by atoms with Crippen molar-refractivity contribution < 1.29 is 40.8 Å². The van der Waals surface area contributed by atoms with Crippen molar-refractivity contribution in [2.24, 2.45) is 0 Å². The largest absolute Gasteiger partial charge is 0.214 e. The van der Waals surface area contributed by atoms with Gasteiger partial charge in [0.1, 0.15) is 0 Å². The summed E-state index contributed by atoms with van der Waals surface area (Å²) in [5.41, 5.74) is 7.30. The van der Waals surface area contributed by atoms with Crippen molar-refractivity contribution >= 4 is 28.4 Å². The Labute approximate surface area is 310 Å². The molecule has 1 nitrogen and oxygen atoms in total. The molecular formula is C44H45ClOSiZr-2. The van der Waals surface area contributed by atoms with Gasteiger partial charge in [0.2, 0.25) is 0 Å². The number of rotatable bonds is 2.